The molecule has 2 N–H and O–H groups in total. The SMILES string of the molecule is CN(Cc1ccccc1)c1ccccc1NC(=O)c1cccc2cn[nH]c12. The summed E-state index contributed by atoms with van der Waals surface area (Å²) in [7, 11) is 2.02. The van der Waals surface area contributed by atoms with Gasteiger partial charge < -0.3 is 10.2 Å². The highest BCUT2D eigenvalue weighted by atomic mass is 16.1. The molecule has 0 spiro atoms. The van der Waals surface area contributed by atoms with Gasteiger partial charge in [0.25, 0.3) is 5.91 Å². The van der Waals surface area contributed by atoms with Crippen molar-refractivity contribution in [2.24, 2.45) is 0 Å². The molecule has 0 atom stereocenters. The Morgan fingerprint density at radius 2 is 1.78 bits per heavy atom. The molecule has 1 amide bonds. The molecule has 0 aliphatic rings. The number of hydrogen-bond donors (Lipinski definition) is 2. The zero-order valence-electron chi connectivity index (χ0n) is 15.0. The topological polar surface area (TPSA) is 61.0 Å². The highest BCUT2D eigenvalue weighted by Crippen LogP contribution is 2.27. The second-order valence-electron chi connectivity index (χ2n) is 6.45. The first kappa shape index (κ1) is 16.8. The van der Waals surface area contributed by atoms with Crippen LogP contribution in [0.25, 0.3) is 10.9 Å². The van der Waals surface area contributed by atoms with Crippen LogP contribution >= 0.6 is 0 Å². The van der Waals surface area contributed by atoms with E-state index in [1.807, 2.05) is 61.6 Å². The quantitative estimate of drug-likeness (QED) is 0.555. The van der Waals surface area contributed by atoms with Crippen LogP contribution in [0.2, 0.25) is 0 Å². The number of rotatable bonds is 5. The lowest BCUT2D eigenvalue weighted by atomic mass is 10.1. The zero-order valence-corrected chi connectivity index (χ0v) is 15.0. The molecule has 0 aliphatic carbocycles. The largest absolute Gasteiger partial charge is 0.369 e. The van der Waals surface area contributed by atoms with E-state index in [4.69, 9.17) is 0 Å². The monoisotopic (exact) mass is 356 g/mol. The third-order valence-corrected chi connectivity index (χ3v) is 4.55. The Morgan fingerprint density at radius 3 is 2.63 bits per heavy atom. The Hall–Kier alpha value is -3.60. The first-order valence-electron chi connectivity index (χ1n) is 8.80. The van der Waals surface area contributed by atoms with Gasteiger partial charge in [0.05, 0.1) is 28.7 Å². The fraction of sp³-hybridized carbons (Fsp3) is 0.0909. The summed E-state index contributed by atoms with van der Waals surface area (Å²) in [4.78, 5) is 15.0. The van der Waals surface area contributed by atoms with Crippen LogP contribution in [0, 0.1) is 0 Å². The van der Waals surface area contributed by atoms with Crippen molar-refractivity contribution >= 4 is 28.2 Å². The van der Waals surface area contributed by atoms with Gasteiger partial charge in [-0.05, 0) is 23.8 Å². The van der Waals surface area contributed by atoms with Crippen molar-refractivity contribution in [3.8, 4) is 0 Å². The van der Waals surface area contributed by atoms with Crippen LogP contribution in [0.3, 0.4) is 0 Å². The molecule has 5 heteroatoms. The second kappa shape index (κ2) is 7.33. The third-order valence-electron chi connectivity index (χ3n) is 4.55. The van der Waals surface area contributed by atoms with Gasteiger partial charge in [-0.25, -0.2) is 0 Å². The van der Waals surface area contributed by atoms with E-state index in [0.29, 0.717) is 5.56 Å². The van der Waals surface area contributed by atoms with Crippen molar-refractivity contribution < 1.29 is 4.79 Å². The molecule has 1 heterocycles. The Morgan fingerprint density at radius 1 is 1.00 bits per heavy atom. The molecule has 27 heavy (non-hydrogen) atoms. The third kappa shape index (κ3) is 3.53. The normalized spacial score (nSPS) is 10.7. The summed E-state index contributed by atoms with van der Waals surface area (Å²) in [5, 5.41) is 10.9. The molecular weight excluding hydrogens is 336 g/mol. The number of aromatic nitrogens is 2. The molecule has 0 saturated carbocycles. The molecular formula is C22H20N4O. The Balaban J connectivity index is 1.59. The molecule has 4 rings (SSSR count). The van der Waals surface area contributed by atoms with E-state index in [9.17, 15) is 4.79 Å². The molecule has 0 fully saturated rings. The van der Waals surface area contributed by atoms with E-state index in [-0.39, 0.29) is 5.91 Å². The fourth-order valence-electron chi connectivity index (χ4n) is 3.20. The predicted molar refractivity (Wildman–Crippen MR) is 109 cm³/mol. The lowest BCUT2D eigenvalue weighted by Crippen LogP contribution is -2.20. The molecule has 0 unspecified atom stereocenters. The molecule has 0 aliphatic heterocycles. The first-order chi connectivity index (χ1) is 13.2. The summed E-state index contributed by atoms with van der Waals surface area (Å²) in [6.07, 6.45) is 1.72. The lowest BCUT2D eigenvalue weighted by Gasteiger charge is -2.23. The smallest absolute Gasteiger partial charge is 0.257 e. The molecule has 134 valence electrons. The number of hydrogen-bond acceptors (Lipinski definition) is 3. The van der Waals surface area contributed by atoms with Crippen LogP contribution in [0.15, 0.2) is 79.0 Å². The molecule has 0 bridgehead atoms. The highest BCUT2D eigenvalue weighted by molar-refractivity contribution is 6.12. The van der Waals surface area contributed by atoms with Crippen LogP contribution in [-0.2, 0) is 6.54 Å². The van der Waals surface area contributed by atoms with Crippen molar-refractivity contribution in [3.05, 3.63) is 90.1 Å². The van der Waals surface area contributed by atoms with E-state index in [1.165, 1.54) is 5.56 Å². The molecule has 0 saturated heterocycles. The number of para-hydroxylation sites is 3. The average Bonchev–Trinajstić information content (AvgIpc) is 3.18. The van der Waals surface area contributed by atoms with Crippen LogP contribution in [-0.4, -0.2) is 23.2 Å². The maximum Gasteiger partial charge on any atom is 0.257 e. The van der Waals surface area contributed by atoms with Crippen molar-refractivity contribution in [2.75, 3.05) is 17.3 Å². The lowest BCUT2D eigenvalue weighted by molar-refractivity contribution is 0.102. The Labute approximate surface area is 157 Å². The summed E-state index contributed by atoms with van der Waals surface area (Å²) in [5.41, 5.74) is 4.27. The van der Waals surface area contributed by atoms with E-state index in [0.717, 1.165) is 28.8 Å². The molecule has 0 radical (unpaired) electrons. The van der Waals surface area contributed by atoms with Crippen LogP contribution < -0.4 is 10.2 Å². The summed E-state index contributed by atoms with van der Waals surface area (Å²) in [6.45, 7) is 0.754. The standard InChI is InChI=1S/C22H20N4O/c1-26(15-16-8-3-2-4-9-16)20-13-6-5-12-19(20)24-22(27)18-11-7-10-17-14-23-25-21(17)18/h2-14H,15H2,1H3,(H,23,25)(H,24,27). The zero-order chi connectivity index (χ0) is 18.6. The van der Waals surface area contributed by atoms with Crippen LogP contribution in [0.1, 0.15) is 15.9 Å². The van der Waals surface area contributed by atoms with E-state index >= 15 is 0 Å². The van der Waals surface area contributed by atoms with Gasteiger partial charge in [0.1, 0.15) is 0 Å². The fourth-order valence-corrected chi connectivity index (χ4v) is 3.20. The average molecular weight is 356 g/mol. The van der Waals surface area contributed by atoms with E-state index in [2.05, 4.69) is 32.5 Å². The number of nitrogens with zero attached hydrogens (tertiary/aromatic N) is 2. The van der Waals surface area contributed by atoms with Gasteiger partial charge in [0.15, 0.2) is 0 Å². The van der Waals surface area contributed by atoms with Gasteiger partial charge in [-0.3, -0.25) is 9.89 Å². The molecule has 5 nitrogen and oxygen atoms in total. The van der Waals surface area contributed by atoms with E-state index in [1.54, 1.807) is 12.3 Å². The van der Waals surface area contributed by atoms with Gasteiger partial charge in [-0.2, -0.15) is 5.10 Å². The number of nitrogens with one attached hydrogen (secondary N) is 2. The number of anilines is 2. The van der Waals surface area contributed by atoms with Gasteiger partial charge in [0.2, 0.25) is 0 Å². The van der Waals surface area contributed by atoms with Gasteiger partial charge in [0, 0.05) is 19.0 Å². The summed E-state index contributed by atoms with van der Waals surface area (Å²) < 4.78 is 0. The molecule has 4 aromatic rings. The number of carbonyl (C=O) groups excluding carboxylic acids is 1. The maximum absolute atomic E-state index is 12.9. The molecule has 1 aromatic heterocycles. The summed E-state index contributed by atoms with van der Waals surface area (Å²) in [5.74, 6) is -0.162. The number of H-pyrrole nitrogens is 1. The maximum atomic E-state index is 12.9. The number of carbonyl (C=O) groups is 1. The number of fused-ring (bicyclic) bond motifs is 1. The van der Waals surface area contributed by atoms with Gasteiger partial charge >= 0.3 is 0 Å². The highest BCUT2D eigenvalue weighted by Gasteiger charge is 2.14. The summed E-state index contributed by atoms with van der Waals surface area (Å²) >= 11 is 0. The van der Waals surface area contributed by atoms with Crippen LogP contribution in [0.5, 0.6) is 0 Å². The Kier molecular flexibility index (Phi) is 4.58. The minimum Gasteiger partial charge on any atom is -0.369 e. The van der Waals surface area contributed by atoms with Crippen molar-refractivity contribution in [3.63, 3.8) is 0 Å². The van der Waals surface area contributed by atoms with Crippen molar-refractivity contribution in [1.82, 2.24) is 10.2 Å². The first-order valence-corrected chi connectivity index (χ1v) is 8.80. The second-order valence-corrected chi connectivity index (χ2v) is 6.45. The Bertz CT molecular complexity index is 1070. The van der Waals surface area contributed by atoms with Gasteiger partial charge in [-0.1, -0.05) is 54.6 Å². The van der Waals surface area contributed by atoms with Gasteiger partial charge in [-0.15, -0.1) is 0 Å². The molecule has 3 aromatic carbocycles. The van der Waals surface area contributed by atoms with E-state index < -0.39 is 0 Å². The van der Waals surface area contributed by atoms with Crippen molar-refractivity contribution in [2.45, 2.75) is 6.54 Å². The predicted octanol–water partition coefficient (Wildman–Crippen LogP) is 4.45. The van der Waals surface area contributed by atoms with Crippen LogP contribution in [0.4, 0.5) is 11.4 Å². The number of amides is 1. The number of aromatic amines is 1. The number of benzene rings is 3. The minimum absolute atomic E-state index is 0.162. The van der Waals surface area contributed by atoms with Crippen molar-refractivity contribution in [1.29, 1.82) is 0 Å². The summed E-state index contributed by atoms with van der Waals surface area (Å²) in [6, 6.07) is 23.7. The minimum atomic E-state index is -0.162.